The number of esters is 1. The fourth-order valence-corrected chi connectivity index (χ4v) is 6.44. The SMILES string of the molecule is COCOc1cc(F)cc(Cn2cc(-c3cc(F)ccc3F)nc2C(N(CC2CN(C(=O)OC(C)(C)C)CC2F)C(=O)COC(C)=O)C(C)(C)CC(=O)O)c1. The van der Waals surface area contributed by atoms with E-state index in [4.69, 9.17) is 18.9 Å². The van der Waals surface area contributed by atoms with Gasteiger partial charge in [0.05, 0.1) is 24.7 Å². The summed E-state index contributed by atoms with van der Waals surface area (Å²) in [7, 11) is 1.38. The van der Waals surface area contributed by atoms with E-state index >= 15 is 8.78 Å². The second-order valence-corrected chi connectivity index (χ2v) is 15.0. The number of likely N-dealkylation sites (tertiary alicyclic amines) is 1. The molecule has 1 aliphatic heterocycles. The first-order valence-corrected chi connectivity index (χ1v) is 17.4. The van der Waals surface area contributed by atoms with E-state index in [2.05, 4.69) is 4.98 Å². The molecule has 2 aromatic carbocycles. The van der Waals surface area contributed by atoms with E-state index in [-0.39, 0.29) is 54.8 Å². The molecular formula is C38H46F4N4O9. The number of nitrogens with zero attached hydrogens (tertiary/aromatic N) is 4. The van der Waals surface area contributed by atoms with E-state index in [0.717, 1.165) is 41.0 Å². The highest BCUT2D eigenvalue weighted by Crippen LogP contribution is 2.43. The third-order valence-electron chi connectivity index (χ3n) is 8.71. The van der Waals surface area contributed by atoms with Gasteiger partial charge >= 0.3 is 18.0 Å². The molecule has 0 spiro atoms. The quantitative estimate of drug-likeness (QED) is 0.108. The largest absolute Gasteiger partial charge is 0.481 e. The number of hydrogen-bond donors (Lipinski definition) is 1. The first kappa shape index (κ1) is 42.6. The van der Waals surface area contributed by atoms with Crippen molar-refractivity contribution in [1.29, 1.82) is 0 Å². The number of alkyl halides is 1. The second kappa shape index (κ2) is 17.5. The van der Waals surface area contributed by atoms with Crippen molar-refractivity contribution in [3.63, 3.8) is 0 Å². The third kappa shape index (κ3) is 11.4. The second-order valence-electron chi connectivity index (χ2n) is 15.0. The Morgan fingerprint density at radius 3 is 2.36 bits per heavy atom. The van der Waals surface area contributed by atoms with Crippen LogP contribution in [0.4, 0.5) is 22.4 Å². The van der Waals surface area contributed by atoms with Gasteiger partial charge in [-0.1, -0.05) is 13.8 Å². The van der Waals surface area contributed by atoms with Crippen LogP contribution in [0.5, 0.6) is 5.75 Å². The number of carboxylic acids is 1. The summed E-state index contributed by atoms with van der Waals surface area (Å²) in [5.74, 6) is -6.28. The van der Waals surface area contributed by atoms with Gasteiger partial charge in [0.15, 0.2) is 13.4 Å². The van der Waals surface area contributed by atoms with Crippen molar-refractivity contribution in [2.75, 3.05) is 40.1 Å². The fraction of sp³-hybridized carbons (Fsp3) is 0.500. The van der Waals surface area contributed by atoms with Crippen molar-refractivity contribution in [1.82, 2.24) is 19.4 Å². The average Bonchev–Trinajstić information content (AvgIpc) is 3.64. The number of methoxy groups -OCH3 is 1. The number of carbonyl (C=O) groups is 4. The van der Waals surface area contributed by atoms with Gasteiger partial charge in [0.1, 0.15) is 40.8 Å². The summed E-state index contributed by atoms with van der Waals surface area (Å²) in [6, 6.07) is 5.12. The minimum atomic E-state index is -1.67. The summed E-state index contributed by atoms with van der Waals surface area (Å²) >= 11 is 0. The van der Waals surface area contributed by atoms with Crippen LogP contribution in [0.15, 0.2) is 42.6 Å². The fourth-order valence-electron chi connectivity index (χ4n) is 6.44. The number of aliphatic carboxylic acids is 1. The summed E-state index contributed by atoms with van der Waals surface area (Å²) < 4.78 is 82.8. The van der Waals surface area contributed by atoms with Gasteiger partial charge in [0.25, 0.3) is 5.91 Å². The van der Waals surface area contributed by atoms with E-state index in [0.29, 0.717) is 0 Å². The molecule has 1 fully saturated rings. The van der Waals surface area contributed by atoms with E-state index in [1.165, 1.54) is 43.9 Å². The number of carboxylic acid groups (broad SMARTS) is 1. The number of halogens is 4. The molecule has 1 aliphatic rings. The Morgan fingerprint density at radius 1 is 1.02 bits per heavy atom. The van der Waals surface area contributed by atoms with Gasteiger partial charge in [-0.05, 0) is 56.7 Å². The Balaban J connectivity index is 1.93. The van der Waals surface area contributed by atoms with Crippen LogP contribution in [0.25, 0.3) is 11.3 Å². The van der Waals surface area contributed by atoms with Gasteiger partial charge in [-0.3, -0.25) is 14.4 Å². The molecule has 55 heavy (non-hydrogen) atoms. The average molecular weight is 779 g/mol. The molecule has 3 aromatic rings. The zero-order valence-electron chi connectivity index (χ0n) is 31.7. The van der Waals surface area contributed by atoms with Crippen molar-refractivity contribution in [2.45, 2.75) is 72.3 Å². The minimum Gasteiger partial charge on any atom is -0.481 e. The molecule has 300 valence electrons. The summed E-state index contributed by atoms with van der Waals surface area (Å²) in [5.41, 5.74) is -2.45. The number of hydrogen-bond acceptors (Lipinski definition) is 9. The number of ether oxygens (including phenoxy) is 4. The molecule has 2 heterocycles. The number of amides is 2. The lowest BCUT2D eigenvalue weighted by Gasteiger charge is -2.42. The van der Waals surface area contributed by atoms with Crippen LogP contribution in [-0.2, 0) is 35.1 Å². The van der Waals surface area contributed by atoms with Gasteiger partial charge in [0.2, 0.25) is 0 Å². The maximum absolute atomic E-state index is 15.9. The lowest BCUT2D eigenvalue weighted by molar-refractivity contribution is -0.154. The van der Waals surface area contributed by atoms with Gasteiger partial charge < -0.3 is 38.4 Å². The molecule has 0 saturated carbocycles. The summed E-state index contributed by atoms with van der Waals surface area (Å²) in [6.07, 6.45) is -1.70. The van der Waals surface area contributed by atoms with E-state index in [9.17, 15) is 33.1 Å². The lowest BCUT2D eigenvalue weighted by Crippen LogP contribution is -2.48. The van der Waals surface area contributed by atoms with E-state index in [1.54, 1.807) is 20.8 Å². The summed E-state index contributed by atoms with van der Waals surface area (Å²) in [6.45, 7) is 6.85. The molecule has 13 nitrogen and oxygen atoms in total. The number of benzene rings is 2. The van der Waals surface area contributed by atoms with Crippen molar-refractivity contribution >= 4 is 23.9 Å². The van der Waals surface area contributed by atoms with Gasteiger partial charge in [-0.15, -0.1) is 0 Å². The lowest BCUT2D eigenvalue weighted by atomic mass is 9.79. The first-order chi connectivity index (χ1) is 25.7. The molecule has 1 N–H and O–H groups in total. The highest BCUT2D eigenvalue weighted by atomic mass is 19.1. The zero-order chi connectivity index (χ0) is 40.8. The van der Waals surface area contributed by atoms with E-state index in [1.807, 2.05) is 0 Å². The molecule has 0 bridgehead atoms. The van der Waals surface area contributed by atoms with Gasteiger partial charge in [-0.25, -0.2) is 27.3 Å². The molecule has 0 radical (unpaired) electrons. The highest BCUT2D eigenvalue weighted by Gasteiger charge is 2.46. The Kier molecular flexibility index (Phi) is 13.6. The summed E-state index contributed by atoms with van der Waals surface area (Å²) in [5, 5.41) is 10.1. The molecule has 2 amide bonds. The van der Waals surface area contributed by atoms with Crippen LogP contribution in [0.1, 0.15) is 65.4 Å². The Hall–Kier alpha value is -5.19. The zero-order valence-corrected chi connectivity index (χ0v) is 31.7. The minimum absolute atomic E-state index is 0.0675. The number of aromatic nitrogens is 2. The maximum Gasteiger partial charge on any atom is 0.410 e. The van der Waals surface area contributed by atoms with Crippen molar-refractivity contribution < 1.29 is 60.8 Å². The van der Waals surface area contributed by atoms with Crippen LogP contribution >= 0.6 is 0 Å². The van der Waals surface area contributed by atoms with Crippen LogP contribution in [0.2, 0.25) is 0 Å². The predicted molar refractivity (Wildman–Crippen MR) is 189 cm³/mol. The highest BCUT2D eigenvalue weighted by molar-refractivity contribution is 5.81. The molecule has 0 aliphatic carbocycles. The van der Waals surface area contributed by atoms with Crippen LogP contribution in [-0.4, -0.2) is 100 Å². The topological polar surface area (TPSA) is 150 Å². The normalized spacial score (nSPS) is 16.5. The monoisotopic (exact) mass is 778 g/mol. The molecule has 1 saturated heterocycles. The maximum atomic E-state index is 15.9. The molecule has 4 rings (SSSR count). The molecular weight excluding hydrogens is 732 g/mol. The molecule has 1 aromatic heterocycles. The standard InChI is InChI=1S/C38H46F4N4O9/c1-22(47)53-20-32(48)46(17-24-16-45(18-30(24)42)36(51)55-37(2,3)4)34(38(5,6)14-33(49)50)35-43-31(28-13-25(39)8-9-29(28)41)19-44(35)15-23-10-26(40)12-27(11-23)54-21-52-7/h8-13,19,24,30,34H,14-18,20-21H2,1-7H3,(H,49,50). The van der Waals surface area contributed by atoms with E-state index < -0.39 is 90.1 Å². The predicted octanol–water partition coefficient (Wildman–Crippen LogP) is 6.14. The van der Waals surface area contributed by atoms with Crippen LogP contribution < -0.4 is 4.74 Å². The van der Waals surface area contributed by atoms with Crippen LogP contribution in [0.3, 0.4) is 0 Å². The van der Waals surface area contributed by atoms with Crippen LogP contribution in [0, 0.1) is 28.8 Å². The molecule has 17 heteroatoms. The van der Waals surface area contributed by atoms with Crippen molar-refractivity contribution in [3.8, 4) is 17.0 Å². The smallest absolute Gasteiger partial charge is 0.410 e. The third-order valence-corrected chi connectivity index (χ3v) is 8.71. The Bertz CT molecular complexity index is 1880. The number of imidazole rings is 1. The van der Waals surface area contributed by atoms with Crippen molar-refractivity contribution in [2.24, 2.45) is 11.3 Å². The summed E-state index contributed by atoms with van der Waals surface area (Å²) in [4.78, 5) is 58.3. The number of carbonyl (C=O) groups excluding carboxylic acids is 3. The van der Waals surface area contributed by atoms with Gasteiger partial charge in [0, 0.05) is 62.8 Å². The molecule has 3 unspecified atom stereocenters. The number of rotatable bonds is 15. The first-order valence-electron chi connectivity index (χ1n) is 17.4. The Labute approximate surface area is 316 Å². The van der Waals surface area contributed by atoms with Gasteiger partial charge in [-0.2, -0.15) is 0 Å². The Morgan fingerprint density at radius 2 is 1.73 bits per heavy atom. The molecule has 3 atom stereocenters. The van der Waals surface area contributed by atoms with Crippen molar-refractivity contribution in [3.05, 3.63) is 71.4 Å².